The molecule has 0 saturated heterocycles. The molecule has 0 aliphatic heterocycles. The van der Waals surface area contributed by atoms with Crippen LogP contribution in [0, 0.1) is 0 Å². The first-order chi connectivity index (χ1) is 12.4. The van der Waals surface area contributed by atoms with Crippen LogP contribution in [0.2, 0.25) is 0 Å². The lowest BCUT2D eigenvalue weighted by Gasteiger charge is -2.13. The maximum Gasteiger partial charge on any atom is 0.261 e. The second-order valence-electron chi connectivity index (χ2n) is 5.53. The summed E-state index contributed by atoms with van der Waals surface area (Å²) in [5, 5.41) is 5.72. The zero-order valence-corrected chi connectivity index (χ0v) is 16.9. The monoisotopic (exact) mass is 434 g/mol. The Bertz CT molecular complexity index is 822. The fraction of sp³-hybridized carbons (Fsp3) is 0.211. The topological polar surface area (TPSA) is 67.4 Å². The summed E-state index contributed by atoms with van der Waals surface area (Å²) in [5.74, 6) is 0.123. The van der Waals surface area contributed by atoms with E-state index in [1.165, 1.54) is 6.92 Å². The minimum atomic E-state index is -0.366. The first kappa shape index (κ1) is 20.1. The molecule has 0 bridgehead atoms. The van der Waals surface area contributed by atoms with E-state index < -0.39 is 0 Å². The number of hydrogen-bond acceptors (Lipinski definition) is 4. The summed E-state index contributed by atoms with van der Waals surface area (Å²) in [6.45, 7) is 4.02. The molecule has 2 N–H and O–H groups in total. The summed E-state index contributed by atoms with van der Waals surface area (Å²) in [4.78, 5) is 23.8. The minimum absolute atomic E-state index is 0.0123. The summed E-state index contributed by atoms with van der Waals surface area (Å²) >= 11 is 8.56. The zero-order chi connectivity index (χ0) is 19.1. The first-order valence-electron chi connectivity index (χ1n) is 8.06. The number of nitrogens with one attached hydrogen (secondary N) is 2. The van der Waals surface area contributed by atoms with Gasteiger partial charge in [-0.05, 0) is 68.0 Å². The van der Waals surface area contributed by atoms with Crippen molar-refractivity contribution in [2.24, 2.45) is 0 Å². The molecule has 0 saturated carbocycles. The van der Waals surface area contributed by atoms with Crippen LogP contribution >= 0.6 is 28.1 Å². The fourth-order valence-corrected chi connectivity index (χ4v) is 2.71. The maximum atomic E-state index is 12.5. The molecule has 1 amide bonds. The van der Waals surface area contributed by atoms with Gasteiger partial charge in [0.1, 0.15) is 5.75 Å². The number of hydrogen-bond donors (Lipinski definition) is 2. The average Bonchev–Trinajstić information content (AvgIpc) is 2.60. The molecule has 0 spiro atoms. The van der Waals surface area contributed by atoms with Crippen LogP contribution in [0.5, 0.6) is 5.75 Å². The van der Waals surface area contributed by atoms with Crippen molar-refractivity contribution in [3.8, 4) is 5.75 Å². The minimum Gasteiger partial charge on any atom is -0.493 e. The molecule has 2 aromatic carbocycles. The summed E-state index contributed by atoms with van der Waals surface area (Å²) in [6.07, 6.45) is 0.841. The van der Waals surface area contributed by atoms with Crippen molar-refractivity contribution in [2.45, 2.75) is 20.3 Å². The van der Waals surface area contributed by atoms with Crippen molar-refractivity contribution in [3.05, 3.63) is 58.1 Å². The number of halogens is 1. The van der Waals surface area contributed by atoms with Gasteiger partial charge in [-0.25, -0.2) is 0 Å². The molecule has 0 aromatic heterocycles. The zero-order valence-electron chi connectivity index (χ0n) is 14.5. The van der Waals surface area contributed by atoms with Crippen molar-refractivity contribution in [3.63, 3.8) is 0 Å². The van der Waals surface area contributed by atoms with E-state index in [2.05, 4.69) is 26.6 Å². The van der Waals surface area contributed by atoms with Crippen LogP contribution in [0.4, 0.5) is 5.69 Å². The van der Waals surface area contributed by atoms with Crippen LogP contribution in [0.3, 0.4) is 0 Å². The Balaban J connectivity index is 2.05. The molecule has 0 fully saturated rings. The van der Waals surface area contributed by atoms with E-state index in [1.54, 1.807) is 36.4 Å². The van der Waals surface area contributed by atoms with E-state index in [9.17, 15) is 9.59 Å². The summed E-state index contributed by atoms with van der Waals surface area (Å²) in [5.41, 5.74) is 1.68. The maximum absolute atomic E-state index is 12.5. The lowest BCUT2D eigenvalue weighted by atomic mass is 10.1. The Labute approximate surface area is 166 Å². The smallest absolute Gasteiger partial charge is 0.261 e. The molecular formula is C19H19BrN2O3S. The Morgan fingerprint density at radius 1 is 1.15 bits per heavy atom. The second-order valence-corrected chi connectivity index (χ2v) is 6.85. The van der Waals surface area contributed by atoms with Crippen LogP contribution in [0.1, 0.15) is 41.0 Å². The summed E-state index contributed by atoms with van der Waals surface area (Å²) in [6, 6.07) is 12.1. The fourth-order valence-electron chi connectivity index (χ4n) is 2.14. The van der Waals surface area contributed by atoms with Crippen LogP contribution in [-0.2, 0) is 0 Å². The predicted molar refractivity (Wildman–Crippen MR) is 110 cm³/mol. The predicted octanol–water partition coefficient (Wildman–Crippen LogP) is 4.57. The van der Waals surface area contributed by atoms with Gasteiger partial charge in [0.15, 0.2) is 10.9 Å². The number of carbonyl (C=O) groups excluding carboxylic acids is 2. The van der Waals surface area contributed by atoms with Gasteiger partial charge in [0.05, 0.1) is 12.2 Å². The van der Waals surface area contributed by atoms with Gasteiger partial charge < -0.3 is 10.1 Å². The first-order valence-corrected chi connectivity index (χ1v) is 9.26. The number of ether oxygens (including phenoxy) is 1. The third kappa shape index (κ3) is 5.64. The van der Waals surface area contributed by atoms with Crippen molar-refractivity contribution < 1.29 is 14.3 Å². The van der Waals surface area contributed by atoms with Crippen LogP contribution in [0.15, 0.2) is 46.9 Å². The van der Waals surface area contributed by atoms with E-state index in [0.717, 1.165) is 10.9 Å². The third-order valence-corrected chi connectivity index (χ3v) is 4.12. The molecule has 7 heteroatoms. The summed E-state index contributed by atoms with van der Waals surface area (Å²) in [7, 11) is 0. The molecule has 136 valence electrons. The highest BCUT2D eigenvalue weighted by Gasteiger charge is 2.15. The van der Waals surface area contributed by atoms with Gasteiger partial charge in [-0.3, -0.25) is 14.9 Å². The number of amides is 1. The average molecular weight is 435 g/mol. The molecule has 0 heterocycles. The molecule has 26 heavy (non-hydrogen) atoms. The number of carbonyl (C=O) groups is 2. The number of anilines is 1. The Kier molecular flexibility index (Phi) is 7.29. The molecule has 0 aliphatic carbocycles. The highest BCUT2D eigenvalue weighted by atomic mass is 79.9. The van der Waals surface area contributed by atoms with Gasteiger partial charge in [0, 0.05) is 15.7 Å². The molecule has 0 aliphatic rings. The molecule has 2 aromatic rings. The number of thiocarbonyl (C=S) groups is 1. The molecule has 5 nitrogen and oxygen atoms in total. The van der Waals surface area contributed by atoms with Gasteiger partial charge in [0.2, 0.25) is 0 Å². The van der Waals surface area contributed by atoms with Crippen molar-refractivity contribution >= 4 is 50.6 Å². The number of benzene rings is 2. The molecular weight excluding hydrogens is 416 g/mol. The van der Waals surface area contributed by atoms with Gasteiger partial charge in [-0.15, -0.1) is 0 Å². The van der Waals surface area contributed by atoms with Crippen LogP contribution in [0.25, 0.3) is 0 Å². The van der Waals surface area contributed by atoms with Gasteiger partial charge in [-0.2, -0.15) is 0 Å². The van der Waals surface area contributed by atoms with Gasteiger partial charge >= 0.3 is 0 Å². The second kappa shape index (κ2) is 9.45. The van der Waals surface area contributed by atoms with E-state index in [1.807, 2.05) is 13.0 Å². The lowest BCUT2D eigenvalue weighted by molar-refractivity contribution is 0.0972. The third-order valence-electron chi connectivity index (χ3n) is 3.42. The van der Waals surface area contributed by atoms with Crippen molar-refractivity contribution in [2.75, 3.05) is 11.9 Å². The molecule has 2 rings (SSSR count). The van der Waals surface area contributed by atoms with Crippen LogP contribution in [-0.4, -0.2) is 23.4 Å². The molecule has 0 unspecified atom stereocenters. The Morgan fingerprint density at radius 3 is 2.46 bits per heavy atom. The standard InChI is InChI=1S/C19H19BrN2O3S/c1-3-10-25-17-9-6-14(20)11-16(17)18(24)22-19(26)21-15-7-4-13(5-8-15)12(2)23/h4-9,11H,3,10H2,1-2H3,(H2,21,22,24,26). The van der Waals surface area contributed by atoms with Crippen molar-refractivity contribution in [1.82, 2.24) is 5.32 Å². The van der Waals surface area contributed by atoms with Crippen LogP contribution < -0.4 is 15.4 Å². The van der Waals surface area contributed by atoms with Gasteiger partial charge in [-0.1, -0.05) is 22.9 Å². The molecule has 0 radical (unpaired) electrons. The largest absolute Gasteiger partial charge is 0.493 e. The highest BCUT2D eigenvalue weighted by molar-refractivity contribution is 9.10. The van der Waals surface area contributed by atoms with E-state index in [0.29, 0.717) is 29.2 Å². The van der Waals surface area contributed by atoms with Gasteiger partial charge in [0.25, 0.3) is 5.91 Å². The van der Waals surface area contributed by atoms with E-state index in [-0.39, 0.29) is 16.8 Å². The Morgan fingerprint density at radius 2 is 1.85 bits per heavy atom. The molecule has 0 atom stereocenters. The number of Topliss-reactive ketones (excluding diaryl/α,β-unsaturated/α-hetero) is 1. The Hall–Kier alpha value is -2.25. The summed E-state index contributed by atoms with van der Waals surface area (Å²) < 4.78 is 6.39. The highest BCUT2D eigenvalue weighted by Crippen LogP contribution is 2.23. The SMILES string of the molecule is CCCOc1ccc(Br)cc1C(=O)NC(=S)Nc1ccc(C(C)=O)cc1. The van der Waals surface area contributed by atoms with E-state index >= 15 is 0 Å². The normalized spacial score (nSPS) is 10.1. The quantitative estimate of drug-likeness (QED) is 0.514. The lowest BCUT2D eigenvalue weighted by Crippen LogP contribution is -2.34. The van der Waals surface area contributed by atoms with E-state index in [4.69, 9.17) is 17.0 Å². The van der Waals surface area contributed by atoms with Crippen molar-refractivity contribution in [1.29, 1.82) is 0 Å². The number of rotatable bonds is 6. The number of ketones is 1.